The van der Waals surface area contributed by atoms with Crippen LogP contribution in [0.4, 0.5) is 0 Å². The van der Waals surface area contributed by atoms with Crippen LogP contribution < -0.4 is 0 Å². The van der Waals surface area contributed by atoms with Gasteiger partial charge in [-0.3, -0.25) is 9.90 Å². The number of allylic oxidation sites excluding steroid dienone is 1. The average Bonchev–Trinajstić information content (AvgIpc) is 2.03. The van der Waals surface area contributed by atoms with Gasteiger partial charge in [0.25, 0.3) is 0 Å². The van der Waals surface area contributed by atoms with E-state index in [2.05, 4.69) is 0 Å². The minimum atomic E-state index is -0.941. The second kappa shape index (κ2) is 3.98. The van der Waals surface area contributed by atoms with Crippen molar-refractivity contribution in [2.75, 3.05) is 13.2 Å². The lowest BCUT2D eigenvalue weighted by Gasteiger charge is -2.21. The highest BCUT2D eigenvalue weighted by atomic mass is 16.7. The number of rotatable bonds is 3. The van der Waals surface area contributed by atoms with E-state index >= 15 is 0 Å². The first kappa shape index (κ1) is 8.07. The van der Waals surface area contributed by atoms with Gasteiger partial charge in [0.05, 0.1) is 0 Å². The van der Waals surface area contributed by atoms with E-state index in [1.807, 2.05) is 6.08 Å². The lowest BCUT2D eigenvalue weighted by atomic mass is 10.2. The summed E-state index contributed by atoms with van der Waals surface area (Å²) in [6.07, 6.45) is 5.81. The Morgan fingerprint density at radius 1 is 1.73 bits per heavy atom. The van der Waals surface area contributed by atoms with Crippen molar-refractivity contribution in [1.82, 2.24) is 5.06 Å². The molecule has 0 aromatic rings. The molecule has 1 aliphatic rings. The van der Waals surface area contributed by atoms with Gasteiger partial charge >= 0.3 is 5.97 Å². The van der Waals surface area contributed by atoms with E-state index in [9.17, 15) is 4.79 Å². The fourth-order valence-corrected chi connectivity index (χ4v) is 0.877. The Kier molecular flexibility index (Phi) is 2.92. The molecule has 4 nitrogen and oxygen atoms in total. The zero-order valence-corrected chi connectivity index (χ0v) is 6.19. The maximum absolute atomic E-state index is 10.1. The van der Waals surface area contributed by atoms with Gasteiger partial charge in [-0.05, 0) is 12.8 Å². The second-order valence-corrected chi connectivity index (χ2v) is 2.33. The van der Waals surface area contributed by atoms with Crippen LogP contribution >= 0.6 is 0 Å². The zero-order chi connectivity index (χ0) is 8.10. The molecule has 1 rings (SSSR count). The van der Waals surface area contributed by atoms with Gasteiger partial charge < -0.3 is 5.11 Å². The number of hydrogen-bond donors (Lipinski definition) is 1. The van der Waals surface area contributed by atoms with Gasteiger partial charge in [-0.25, -0.2) is 4.79 Å². The van der Waals surface area contributed by atoms with E-state index in [-0.39, 0.29) is 6.61 Å². The molecule has 0 atom stereocenters. The van der Waals surface area contributed by atoms with Crippen molar-refractivity contribution >= 4 is 5.97 Å². The maximum Gasteiger partial charge on any atom is 0.332 e. The van der Waals surface area contributed by atoms with Crippen molar-refractivity contribution in [2.24, 2.45) is 0 Å². The predicted octanol–water partition coefficient (Wildman–Crippen LogP) is 0.612. The number of nitrogens with zero attached hydrogens (tertiary/aromatic N) is 1. The SMILES string of the molecule is O=C(O)CON1C=CCCC1. The van der Waals surface area contributed by atoms with Crippen molar-refractivity contribution < 1.29 is 14.7 Å². The van der Waals surface area contributed by atoms with Crippen LogP contribution in [0.3, 0.4) is 0 Å². The first-order valence-corrected chi connectivity index (χ1v) is 3.57. The summed E-state index contributed by atoms with van der Waals surface area (Å²) in [7, 11) is 0. The highest BCUT2D eigenvalue weighted by molar-refractivity contribution is 5.67. The van der Waals surface area contributed by atoms with Gasteiger partial charge in [-0.2, -0.15) is 0 Å². The Morgan fingerprint density at radius 2 is 2.55 bits per heavy atom. The van der Waals surface area contributed by atoms with Crippen molar-refractivity contribution in [3.8, 4) is 0 Å². The number of hydroxylamine groups is 2. The molecule has 0 spiro atoms. The molecule has 0 unspecified atom stereocenters. The van der Waals surface area contributed by atoms with Crippen LogP contribution in [0.5, 0.6) is 0 Å². The molecule has 0 aromatic heterocycles. The minimum absolute atomic E-state index is 0.260. The molecule has 0 bridgehead atoms. The van der Waals surface area contributed by atoms with E-state index in [0.717, 1.165) is 19.4 Å². The van der Waals surface area contributed by atoms with Crippen LogP contribution in [0.2, 0.25) is 0 Å². The topological polar surface area (TPSA) is 49.8 Å². The molecular weight excluding hydrogens is 146 g/mol. The van der Waals surface area contributed by atoms with E-state index in [1.165, 1.54) is 0 Å². The third-order valence-corrected chi connectivity index (χ3v) is 1.37. The minimum Gasteiger partial charge on any atom is -0.479 e. The van der Waals surface area contributed by atoms with Crippen LogP contribution in [0, 0.1) is 0 Å². The van der Waals surface area contributed by atoms with E-state index in [0.29, 0.717) is 0 Å². The summed E-state index contributed by atoms with van der Waals surface area (Å²) < 4.78 is 0. The van der Waals surface area contributed by atoms with Crippen LogP contribution in [0.15, 0.2) is 12.3 Å². The molecule has 0 saturated heterocycles. The van der Waals surface area contributed by atoms with Gasteiger partial charge in [-0.15, -0.1) is 0 Å². The molecule has 0 amide bonds. The van der Waals surface area contributed by atoms with Gasteiger partial charge in [0.15, 0.2) is 6.61 Å². The van der Waals surface area contributed by atoms with Crippen LogP contribution in [0.1, 0.15) is 12.8 Å². The Bertz CT molecular complexity index is 167. The first-order valence-electron chi connectivity index (χ1n) is 3.57. The molecule has 1 N–H and O–H groups in total. The smallest absolute Gasteiger partial charge is 0.332 e. The Hall–Kier alpha value is -1.03. The Balaban J connectivity index is 2.20. The van der Waals surface area contributed by atoms with Crippen molar-refractivity contribution in [3.05, 3.63) is 12.3 Å². The zero-order valence-electron chi connectivity index (χ0n) is 6.19. The van der Waals surface area contributed by atoms with Crippen molar-refractivity contribution in [2.45, 2.75) is 12.8 Å². The summed E-state index contributed by atoms with van der Waals surface area (Å²) in [5.74, 6) is -0.941. The molecule has 0 radical (unpaired) electrons. The van der Waals surface area contributed by atoms with Gasteiger partial charge in [0.2, 0.25) is 0 Å². The molecule has 0 saturated carbocycles. The molecule has 0 aromatic carbocycles. The van der Waals surface area contributed by atoms with E-state index in [4.69, 9.17) is 9.94 Å². The standard InChI is InChI=1S/C7H11NO3/c9-7(10)6-11-8-4-2-1-3-5-8/h2,4H,1,3,5-6H2,(H,9,10). The average molecular weight is 157 g/mol. The highest BCUT2D eigenvalue weighted by Crippen LogP contribution is 2.05. The second-order valence-electron chi connectivity index (χ2n) is 2.33. The first-order chi connectivity index (χ1) is 5.29. The highest BCUT2D eigenvalue weighted by Gasteiger charge is 2.05. The van der Waals surface area contributed by atoms with Crippen molar-refractivity contribution in [1.29, 1.82) is 0 Å². The number of carbonyl (C=O) groups is 1. The number of carboxylic acids is 1. The molecule has 0 aliphatic carbocycles. The van der Waals surface area contributed by atoms with Crippen LogP contribution in [-0.4, -0.2) is 29.3 Å². The third kappa shape index (κ3) is 3.04. The monoisotopic (exact) mass is 157 g/mol. The number of aliphatic carboxylic acids is 1. The largest absolute Gasteiger partial charge is 0.479 e. The summed E-state index contributed by atoms with van der Waals surface area (Å²) in [6.45, 7) is 0.522. The predicted molar refractivity (Wildman–Crippen MR) is 38.7 cm³/mol. The Labute approximate surface area is 65.0 Å². The molecule has 1 aliphatic heterocycles. The van der Waals surface area contributed by atoms with Crippen LogP contribution in [-0.2, 0) is 9.63 Å². The summed E-state index contributed by atoms with van der Waals surface area (Å²) >= 11 is 0. The molecule has 4 heteroatoms. The molecule has 0 fully saturated rings. The fraction of sp³-hybridized carbons (Fsp3) is 0.571. The fourth-order valence-electron chi connectivity index (χ4n) is 0.877. The van der Waals surface area contributed by atoms with E-state index < -0.39 is 5.97 Å². The summed E-state index contributed by atoms with van der Waals surface area (Å²) in [5, 5.41) is 9.82. The lowest BCUT2D eigenvalue weighted by Crippen LogP contribution is -2.24. The van der Waals surface area contributed by atoms with Gasteiger partial charge in [0, 0.05) is 12.7 Å². The van der Waals surface area contributed by atoms with E-state index in [1.54, 1.807) is 11.3 Å². The summed E-state index contributed by atoms with van der Waals surface area (Å²) in [4.78, 5) is 15.0. The van der Waals surface area contributed by atoms with Gasteiger partial charge in [-0.1, -0.05) is 6.08 Å². The molecule has 11 heavy (non-hydrogen) atoms. The lowest BCUT2D eigenvalue weighted by molar-refractivity contribution is -0.166. The summed E-state index contributed by atoms with van der Waals surface area (Å²) in [5.41, 5.74) is 0. The summed E-state index contributed by atoms with van der Waals surface area (Å²) in [6, 6.07) is 0. The normalized spacial score (nSPS) is 16.9. The number of carboxylic acid groups (broad SMARTS) is 1. The molecule has 1 heterocycles. The van der Waals surface area contributed by atoms with Gasteiger partial charge in [0.1, 0.15) is 0 Å². The Morgan fingerprint density at radius 3 is 3.09 bits per heavy atom. The van der Waals surface area contributed by atoms with Crippen molar-refractivity contribution in [3.63, 3.8) is 0 Å². The molecule has 62 valence electrons. The third-order valence-electron chi connectivity index (χ3n) is 1.37. The number of hydrogen-bond acceptors (Lipinski definition) is 3. The quantitative estimate of drug-likeness (QED) is 0.652. The maximum atomic E-state index is 10.1. The van der Waals surface area contributed by atoms with Crippen LogP contribution in [0.25, 0.3) is 0 Å². The molecular formula is C7H11NO3.